The first-order valence-corrected chi connectivity index (χ1v) is 5.34. The molecule has 0 saturated heterocycles. The minimum atomic E-state index is -0.550. The average Bonchev–Trinajstić information content (AvgIpc) is 2.36. The number of esters is 1. The lowest BCUT2D eigenvalue weighted by molar-refractivity contribution is 0.0505. The number of rotatable bonds is 4. The van der Waals surface area contributed by atoms with E-state index >= 15 is 0 Å². The van der Waals surface area contributed by atoms with Crippen LogP contribution < -0.4 is 10.1 Å². The largest absolute Gasteiger partial charge is 0.462 e. The Morgan fingerprint density at radius 2 is 1.88 bits per heavy atom. The highest BCUT2D eigenvalue weighted by molar-refractivity contribution is 5.89. The molecular formula is C12H15NO4. The Balaban J connectivity index is 2.61. The summed E-state index contributed by atoms with van der Waals surface area (Å²) in [5.41, 5.74) is 0.433. The summed E-state index contributed by atoms with van der Waals surface area (Å²) >= 11 is 0. The number of hydrogen-bond donors (Lipinski definition) is 1. The van der Waals surface area contributed by atoms with Crippen molar-refractivity contribution in [1.82, 2.24) is 5.32 Å². The van der Waals surface area contributed by atoms with Crippen molar-refractivity contribution < 1.29 is 19.1 Å². The van der Waals surface area contributed by atoms with Crippen molar-refractivity contribution in [2.75, 3.05) is 13.7 Å². The van der Waals surface area contributed by atoms with Crippen LogP contribution in [0.2, 0.25) is 0 Å². The van der Waals surface area contributed by atoms with Gasteiger partial charge in [-0.2, -0.15) is 0 Å². The second-order valence-electron chi connectivity index (χ2n) is 3.30. The monoisotopic (exact) mass is 237 g/mol. The zero-order valence-corrected chi connectivity index (χ0v) is 9.86. The van der Waals surface area contributed by atoms with E-state index in [2.05, 4.69) is 5.32 Å². The summed E-state index contributed by atoms with van der Waals surface area (Å²) in [6, 6.07) is 6.18. The van der Waals surface area contributed by atoms with Crippen LogP contribution >= 0.6 is 0 Å². The molecule has 1 aromatic rings. The van der Waals surface area contributed by atoms with Gasteiger partial charge < -0.3 is 14.8 Å². The van der Waals surface area contributed by atoms with E-state index in [9.17, 15) is 9.59 Å². The summed E-state index contributed by atoms with van der Waals surface area (Å²) in [7, 11) is 1.47. The van der Waals surface area contributed by atoms with Crippen LogP contribution in [0.4, 0.5) is 4.79 Å². The van der Waals surface area contributed by atoms with E-state index in [0.717, 1.165) is 6.42 Å². The lowest BCUT2D eigenvalue weighted by Crippen LogP contribution is -2.22. The predicted octanol–water partition coefficient (Wildman–Crippen LogP) is 1.97. The highest BCUT2D eigenvalue weighted by Crippen LogP contribution is 2.13. The number of amides is 1. The quantitative estimate of drug-likeness (QED) is 0.813. The van der Waals surface area contributed by atoms with Gasteiger partial charge in [-0.1, -0.05) is 6.92 Å². The van der Waals surface area contributed by atoms with Crippen LogP contribution in [0.25, 0.3) is 0 Å². The van der Waals surface area contributed by atoms with Crippen LogP contribution in [0.5, 0.6) is 5.75 Å². The first-order chi connectivity index (χ1) is 8.17. The average molecular weight is 237 g/mol. The first kappa shape index (κ1) is 13.0. The van der Waals surface area contributed by atoms with Crippen molar-refractivity contribution in [3.8, 4) is 5.75 Å². The van der Waals surface area contributed by atoms with Gasteiger partial charge in [0.2, 0.25) is 0 Å². The summed E-state index contributed by atoms with van der Waals surface area (Å²) in [4.78, 5) is 22.4. The molecule has 92 valence electrons. The van der Waals surface area contributed by atoms with Gasteiger partial charge in [0, 0.05) is 7.05 Å². The lowest BCUT2D eigenvalue weighted by Gasteiger charge is -2.05. The number of carbonyl (C=O) groups excluding carboxylic acids is 2. The Kier molecular flexibility index (Phi) is 5.00. The summed E-state index contributed by atoms with van der Waals surface area (Å²) in [5, 5.41) is 2.33. The third-order valence-corrected chi connectivity index (χ3v) is 1.94. The molecule has 0 spiro atoms. The standard InChI is InChI=1S/C12H15NO4/c1-3-8-16-11(14)9-4-6-10(7-5-9)17-12(15)13-2/h4-7H,3,8H2,1-2H3,(H,13,15). The molecule has 0 radical (unpaired) electrons. The number of carbonyl (C=O) groups is 2. The maximum Gasteiger partial charge on any atom is 0.412 e. The van der Waals surface area contributed by atoms with Crippen LogP contribution in [-0.2, 0) is 4.74 Å². The SMILES string of the molecule is CCCOC(=O)c1ccc(OC(=O)NC)cc1. The maximum absolute atomic E-state index is 11.5. The van der Waals surface area contributed by atoms with Gasteiger partial charge in [0.25, 0.3) is 0 Å². The van der Waals surface area contributed by atoms with Crippen molar-refractivity contribution >= 4 is 12.1 Å². The molecule has 0 aliphatic rings. The molecule has 0 aliphatic heterocycles. The van der Waals surface area contributed by atoms with E-state index < -0.39 is 6.09 Å². The molecule has 1 amide bonds. The molecule has 0 atom stereocenters. The van der Waals surface area contributed by atoms with E-state index in [1.54, 1.807) is 12.1 Å². The van der Waals surface area contributed by atoms with Crippen molar-refractivity contribution in [2.24, 2.45) is 0 Å². The molecular weight excluding hydrogens is 222 g/mol. The van der Waals surface area contributed by atoms with E-state index in [-0.39, 0.29) is 5.97 Å². The molecule has 1 N–H and O–H groups in total. The van der Waals surface area contributed by atoms with E-state index in [1.165, 1.54) is 19.2 Å². The van der Waals surface area contributed by atoms with Crippen molar-refractivity contribution in [3.63, 3.8) is 0 Å². The van der Waals surface area contributed by atoms with Crippen molar-refractivity contribution in [3.05, 3.63) is 29.8 Å². The minimum Gasteiger partial charge on any atom is -0.462 e. The van der Waals surface area contributed by atoms with Gasteiger partial charge in [0.1, 0.15) is 5.75 Å². The van der Waals surface area contributed by atoms with Gasteiger partial charge in [-0.25, -0.2) is 9.59 Å². The fourth-order valence-corrected chi connectivity index (χ4v) is 1.10. The second-order valence-corrected chi connectivity index (χ2v) is 3.30. The fourth-order valence-electron chi connectivity index (χ4n) is 1.10. The summed E-state index contributed by atoms with van der Waals surface area (Å²) < 4.78 is 9.84. The first-order valence-electron chi connectivity index (χ1n) is 5.34. The highest BCUT2D eigenvalue weighted by Gasteiger charge is 2.07. The number of benzene rings is 1. The maximum atomic E-state index is 11.5. The van der Waals surface area contributed by atoms with Gasteiger partial charge in [0.15, 0.2) is 0 Å². The fraction of sp³-hybridized carbons (Fsp3) is 0.333. The van der Waals surface area contributed by atoms with Crippen LogP contribution in [0, 0.1) is 0 Å². The Hall–Kier alpha value is -2.04. The predicted molar refractivity (Wildman–Crippen MR) is 62.1 cm³/mol. The Morgan fingerprint density at radius 1 is 1.24 bits per heavy atom. The zero-order valence-electron chi connectivity index (χ0n) is 9.86. The molecule has 0 fully saturated rings. The molecule has 0 bridgehead atoms. The molecule has 1 rings (SSSR count). The van der Waals surface area contributed by atoms with Gasteiger partial charge in [-0.05, 0) is 30.7 Å². The van der Waals surface area contributed by atoms with E-state index in [4.69, 9.17) is 9.47 Å². The summed E-state index contributed by atoms with van der Waals surface area (Å²) in [6.45, 7) is 2.32. The third-order valence-electron chi connectivity index (χ3n) is 1.94. The summed E-state index contributed by atoms with van der Waals surface area (Å²) in [6.07, 6.45) is 0.232. The Morgan fingerprint density at radius 3 is 2.41 bits per heavy atom. The molecule has 0 unspecified atom stereocenters. The van der Waals surface area contributed by atoms with Crippen molar-refractivity contribution in [1.29, 1.82) is 0 Å². The molecule has 17 heavy (non-hydrogen) atoms. The normalized spacial score (nSPS) is 9.53. The van der Waals surface area contributed by atoms with E-state index in [0.29, 0.717) is 17.9 Å². The number of nitrogens with one attached hydrogen (secondary N) is 1. The molecule has 0 aromatic heterocycles. The molecule has 5 heteroatoms. The van der Waals surface area contributed by atoms with Crippen LogP contribution in [-0.4, -0.2) is 25.7 Å². The van der Waals surface area contributed by atoms with Crippen LogP contribution in [0.15, 0.2) is 24.3 Å². The molecule has 0 saturated carbocycles. The Bertz CT molecular complexity index is 386. The van der Waals surface area contributed by atoms with Gasteiger partial charge >= 0.3 is 12.1 Å². The molecule has 0 aliphatic carbocycles. The molecule has 0 heterocycles. The number of ether oxygens (including phenoxy) is 2. The van der Waals surface area contributed by atoms with Crippen molar-refractivity contribution in [2.45, 2.75) is 13.3 Å². The topological polar surface area (TPSA) is 64.6 Å². The molecule has 1 aromatic carbocycles. The van der Waals surface area contributed by atoms with Gasteiger partial charge in [-0.3, -0.25) is 0 Å². The van der Waals surface area contributed by atoms with Gasteiger partial charge in [0.05, 0.1) is 12.2 Å². The van der Waals surface area contributed by atoms with E-state index in [1.807, 2.05) is 6.92 Å². The van der Waals surface area contributed by atoms with Gasteiger partial charge in [-0.15, -0.1) is 0 Å². The smallest absolute Gasteiger partial charge is 0.412 e. The lowest BCUT2D eigenvalue weighted by atomic mass is 10.2. The zero-order chi connectivity index (χ0) is 12.7. The third kappa shape index (κ3) is 4.14. The molecule has 5 nitrogen and oxygen atoms in total. The highest BCUT2D eigenvalue weighted by atomic mass is 16.6. The Labute approximate surface area is 99.7 Å². The minimum absolute atomic E-state index is 0.372. The van der Waals surface area contributed by atoms with Crippen LogP contribution in [0.1, 0.15) is 23.7 Å². The second kappa shape index (κ2) is 6.52. The summed E-state index contributed by atoms with van der Waals surface area (Å²) in [5.74, 6) is -0.00488. The van der Waals surface area contributed by atoms with Crippen LogP contribution in [0.3, 0.4) is 0 Å². The number of hydrogen-bond acceptors (Lipinski definition) is 4.